The molecule has 1 aromatic carbocycles. The zero-order valence-electron chi connectivity index (χ0n) is 14.4. The van der Waals surface area contributed by atoms with E-state index in [0.29, 0.717) is 32.0 Å². The van der Waals surface area contributed by atoms with Crippen LogP contribution in [-0.4, -0.2) is 60.2 Å². The minimum Gasteiger partial charge on any atom is -0.378 e. The van der Waals surface area contributed by atoms with Gasteiger partial charge in [0.05, 0.1) is 34.5 Å². The number of rotatable bonds is 2. The van der Waals surface area contributed by atoms with Gasteiger partial charge in [-0.3, -0.25) is 19.6 Å². The van der Waals surface area contributed by atoms with Crippen molar-refractivity contribution >= 4 is 21.4 Å². The van der Waals surface area contributed by atoms with Crippen molar-refractivity contribution in [2.75, 3.05) is 26.3 Å². The highest BCUT2D eigenvalue weighted by Gasteiger charge is 2.37. The van der Waals surface area contributed by atoms with Gasteiger partial charge in [0, 0.05) is 43.4 Å². The summed E-state index contributed by atoms with van der Waals surface area (Å²) in [4.78, 5) is 25.0. The van der Waals surface area contributed by atoms with Gasteiger partial charge in [0.15, 0.2) is 15.5 Å². The number of nitro groups is 1. The molecular formula is C16H16N4O6S. The molecule has 0 bridgehead atoms. The van der Waals surface area contributed by atoms with Crippen LogP contribution in [0.3, 0.4) is 0 Å². The van der Waals surface area contributed by atoms with E-state index in [4.69, 9.17) is 4.74 Å². The first-order valence-corrected chi connectivity index (χ1v) is 9.89. The summed E-state index contributed by atoms with van der Waals surface area (Å²) >= 11 is 0. The molecule has 1 saturated heterocycles. The van der Waals surface area contributed by atoms with Gasteiger partial charge in [-0.05, 0) is 6.07 Å². The molecule has 1 amide bonds. The van der Waals surface area contributed by atoms with Crippen molar-refractivity contribution in [1.29, 1.82) is 0 Å². The van der Waals surface area contributed by atoms with E-state index in [9.17, 15) is 23.3 Å². The van der Waals surface area contributed by atoms with E-state index in [2.05, 4.69) is 5.10 Å². The third-order valence-corrected chi connectivity index (χ3v) is 6.44. The Morgan fingerprint density at radius 3 is 2.67 bits per heavy atom. The maximum absolute atomic E-state index is 12.9. The molecule has 0 aliphatic carbocycles. The Hall–Kier alpha value is -2.79. The summed E-state index contributed by atoms with van der Waals surface area (Å²) in [5, 5.41) is 15.4. The first kappa shape index (κ1) is 17.6. The average molecular weight is 392 g/mol. The van der Waals surface area contributed by atoms with Crippen LogP contribution in [0, 0.1) is 10.1 Å². The molecule has 0 radical (unpaired) electrons. The smallest absolute Gasteiger partial charge is 0.274 e. The minimum absolute atomic E-state index is 0.00831. The van der Waals surface area contributed by atoms with Gasteiger partial charge in [-0.25, -0.2) is 8.42 Å². The Labute approximate surface area is 154 Å². The third-order valence-electron chi connectivity index (χ3n) is 4.74. The van der Waals surface area contributed by atoms with Crippen molar-refractivity contribution in [1.82, 2.24) is 14.7 Å². The van der Waals surface area contributed by atoms with E-state index in [-0.39, 0.29) is 39.1 Å². The predicted molar refractivity (Wildman–Crippen MR) is 92.9 cm³/mol. The summed E-state index contributed by atoms with van der Waals surface area (Å²) in [6.45, 7) is 1.63. The number of carbonyl (C=O) groups is 1. The van der Waals surface area contributed by atoms with E-state index in [1.54, 1.807) is 11.9 Å². The number of sulfone groups is 1. The Morgan fingerprint density at radius 2 is 2.00 bits per heavy atom. The average Bonchev–Trinajstić information content (AvgIpc) is 2.97. The fourth-order valence-electron chi connectivity index (χ4n) is 3.49. The number of aromatic nitrogens is 2. The molecule has 2 aliphatic rings. The monoisotopic (exact) mass is 392 g/mol. The zero-order chi connectivity index (χ0) is 19.3. The van der Waals surface area contributed by atoms with Crippen LogP contribution in [0.25, 0.3) is 11.3 Å². The van der Waals surface area contributed by atoms with Crippen LogP contribution in [0.2, 0.25) is 0 Å². The molecule has 0 atom stereocenters. The van der Waals surface area contributed by atoms with Crippen LogP contribution >= 0.6 is 0 Å². The standard InChI is InChI=1S/C16H16N4O6S/c1-18-15-11-8-10(20(22)23)2-3-13(11)27(24,25)9-12(15)14(17-18)16(21)19-4-6-26-7-5-19/h2-3,8H,4-7,9H2,1H3. The lowest BCUT2D eigenvalue weighted by Crippen LogP contribution is -2.41. The predicted octanol–water partition coefficient (Wildman–Crippen LogP) is 0.755. The number of aryl methyl sites for hydroxylation is 1. The topological polar surface area (TPSA) is 125 Å². The third kappa shape index (κ3) is 2.79. The maximum atomic E-state index is 12.9. The first-order chi connectivity index (χ1) is 12.8. The summed E-state index contributed by atoms with van der Waals surface area (Å²) in [6.07, 6.45) is 0. The molecule has 0 spiro atoms. The van der Waals surface area contributed by atoms with Crippen LogP contribution in [-0.2, 0) is 27.4 Å². The molecule has 2 aliphatic heterocycles. The minimum atomic E-state index is -3.74. The fraction of sp³-hybridized carbons (Fsp3) is 0.375. The number of fused-ring (bicyclic) bond motifs is 3. The lowest BCUT2D eigenvalue weighted by molar-refractivity contribution is -0.384. The fourth-order valence-corrected chi connectivity index (χ4v) is 5.06. The molecule has 10 nitrogen and oxygen atoms in total. The second kappa shape index (κ2) is 6.13. The maximum Gasteiger partial charge on any atom is 0.274 e. The van der Waals surface area contributed by atoms with Crippen LogP contribution in [0.1, 0.15) is 16.1 Å². The normalized spacial score (nSPS) is 17.9. The van der Waals surface area contributed by atoms with Crippen LogP contribution < -0.4 is 0 Å². The van der Waals surface area contributed by atoms with E-state index < -0.39 is 14.8 Å². The second-order valence-corrected chi connectivity index (χ2v) is 8.36. The van der Waals surface area contributed by atoms with Gasteiger partial charge >= 0.3 is 0 Å². The number of ether oxygens (including phenoxy) is 1. The van der Waals surface area contributed by atoms with Crippen molar-refractivity contribution in [3.05, 3.63) is 39.6 Å². The summed E-state index contributed by atoms with van der Waals surface area (Å²) < 4.78 is 32.1. The number of non-ortho nitro benzene ring substituents is 1. The summed E-state index contributed by atoms with van der Waals surface area (Å²) in [7, 11) is -2.15. The summed E-state index contributed by atoms with van der Waals surface area (Å²) in [5.41, 5.74) is 0.734. The number of morpholine rings is 1. The van der Waals surface area contributed by atoms with E-state index >= 15 is 0 Å². The number of nitro benzene ring substituents is 1. The van der Waals surface area contributed by atoms with Crippen molar-refractivity contribution in [3.8, 4) is 11.3 Å². The number of nitrogens with zero attached hydrogens (tertiary/aromatic N) is 4. The summed E-state index contributed by atoms with van der Waals surface area (Å²) in [6, 6.07) is 3.62. The molecule has 27 heavy (non-hydrogen) atoms. The van der Waals surface area contributed by atoms with Gasteiger partial charge < -0.3 is 9.64 Å². The van der Waals surface area contributed by atoms with Crippen molar-refractivity contribution in [3.63, 3.8) is 0 Å². The van der Waals surface area contributed by atoms with E-state index in [1.807, 2.05) is 0 Å². The highest BCUT2D eigenvalue weighted by molar-refractivity contribution is 7.90. The molecule has 1 aromatic heterocycles. The Kier molecular flexibility index (Phi) is 4.00. The lowest BCUT2D eigenvalue weighted by Gasteiger charge is -2.26. The second-order valence-electron chi connectivity index (χ2n) is 6.40. The van der Waals surface area contributed by atoms with Gasteiger partial charge in [0.25, 0.3) is 11.6 Å². The van der Waals surface area contributed by atoms with E-state index in [1.165, 1.54) is 16.8 Å². The number of amides is 1. The Morgan fingerprint density at radius 1 is 1.30 bits per heavy atom. The SMILES string of the molecule is Cn1nc(C(=O)N2CCOCC2)c2c1-c1cc([N+](=O)[O-])ccc1S(=O)(=O)C2. The Bertz CT molecular complexity index is 1070. The van der Waals surface area contributed by atoms with Crippen LogP contribution in [0.15, 0.2) is 23.1 Å². The summed E-state index contributed by atoms with van der Waals surface area (Å²) in [5.74, 6) is -0.730. The van der Waals surface area contributed by atoms with Gasteiger partial charge in [-0.1, -0.05) is 0 Å². The molecular weight excluding hydrogens is 376 g/mol. The number of hydrogen-bond donors (Lipinski definition) is 0. The van der Waals surface area contributed by atoms with Crippen molar-refractivity contribution in [2.45, 2.75) is 10.6 Å². The van der Waals surface area contributed by atoms with Gasteiger partial charge in [-0.2, -0.15) is 5.10 Å². The molecule has 0 saturated carbocycles. The van der Waals surface area contributed by atoms with E-state index in [0.717, 1.165) is 6.07 Å². The number of hydrogen-bond acceptors (Lipinski definition) is 7. The van der Waals surface area contributed by atoms with Crippen LogP contribution in [0.5, 0.6) is 0 Å². The number of carbonyl (C=O) groups excluding carboxylic acids is 1. The molecule has 2 aromatic rings. The quantitative estimate of drug-likeness (QED) is 0.545. The molecule has 3 heterocycles. The molecule has 1 fully saturated rings. The molecule has 0 N–H and O–H groups in total. The highest BCUT2D eigenvalue weighted by Crippen LogP contribution is 2.41. The zero-order valence-corrected chi connectivity index (χ0v) is 15.2. The molecule has 0 unspecified atom stereocenters. The van der Waals surface area contributed by atoms with Crippen molar-refractivity contribution in [2.24, 2.45) is 7.05 Å². The first-order valence-electron chi connectivity index (χ1n) is 8.24. The Balaban J connectivity index is 1.89. The highest BCUT2D eigenvalue weighted by atomic mass is 32.2. The van der Waals surface area contributed by atoms with Gasteiger partial charge in [0.1, 0.15) is 0 Å². The molecule has 11 heteroatoms. The lowest BCUT2D eigenvalue weighted by atomic mass is 10.0. The van der Waals surface area contributed by atoms with Crippen molar-refractivity contribution < 1.29 is 22.9 Å². The van der Waals surface area contributed by atoms with Gasteiger partial charge in [0.2, 0.25) is 0 Å². The van der Waals surface area contributed by atoms with Crippen LogP contribution in [0.4, 0.5) is 5.69 Å². The van der Waals surface area contributed by atoms with Gasteiger partial charge in [-0.15, -0.1) is 0 Å². The molecule has 4 rings (SSSR count). The largest absolute Gasteiger partial charge is 0.378 e. The molecule has 142 valence electrons. The number of benzene rings is 1.